The van der Waals surface area contributed by atoms with Crippen molar-refractivity contribution in [1.29, 1.82) is 0 Å². The number of hydroxylamine groups is 1. The molecule has 0 fully saturated rings. The zero-order valence-corrected chi connectivity index (χ0v) is 9.18. The molecule has 0 aromatic heterocycles. The highest BCUT2D eigenvalue weighted by Crippen LogP contribution is 2.19. The van der Waals surface area contributed by atoms with Crippen LogP contribution in [0.5, 0.6) is 0 Å². The number of carbonyl (C=O) groups is 1. The van der Waals surface area contributed by atoms with Crippen LogP contribution >= 0.6 is 0 Å². The molecule has 0 heterocycles. The minimum absolute atomic E-state index is 0.252. The van der Waals surface area contributed by atoms with E-state index in [1.54, 1.807) is 6.08 Å². The van der Waals surface area contributed by atoms with Crippen LogP contribution in [-0.2, 0) is 9.57 Å². The first-order chi connectivity index (χ1) is 7.77. The fourth-order valence-electron chi connectivity index (χ4n) is 1.23. The number of rotatable bonds is 5. The molecule has 0 saturated carbocycles. The number of hydrogen-bond acceptors (Lipinski definition) is 3. The van der Waals surface area contributed by atoms with Crippen LogP contribution in [0.1, 0.15) is 18.1 Å². The van der Waals surface area contributed by atoms with Crippen LogP contribution in [0.25, 0.3) is 0 Å². The predicted octanol–water partition coefficient (Wildman–Crippen LogP) is 2.59. The highest BCUT2D eigenvalue weighted by atomic mass is 16.7. The smallest absolute Gasteiger partial charge is 0.431 e. The number of benzene rings is 1. The van der Waals surface area contributed by atoms with E-state index in [2.05, 4.69) is 16.8 Å². The normalized spacial score (nSPS) is 11.6. The van der Waals surface area contributed by atoms with Gasteiger partial charge in [-0.3, -0.25) is 4.84 Å². The Kier molecular flexibility index (Phi) is 5.08. The van der Waals surface area contributed by atoms with Gasteiger partial charge in [0.2, 0.25) is 0 Å². The van der Waals surface area contributed by atoms with Crippen molar-refractivity contribution in [2.24, 2.45) is 0 Å². The van der Waals surface area contributed by atoms with Gasteiger partial charge in [0.05, 0.1) is 7.11 Å². The van der Waals surface area contributed by atoms with Crippen LogP contribution in [0.2, 0.25) is 0 Å². The molecular weight excluding hydrogens is 206 g/mol. The summed E-state index contributed by atoms with van der Waals surface area (Å²) in [4.78, 5) is 16.1. The van der Waals surface area contributed by atoms with Gasteiger partial charge in [0, 0.05) is 0 Å². The molecule has 4 heteroatoms. The average Bonchev–Trinajstić information content (AvgIpc) is 2.35. The first-order valence-corrected chi connectivity index (χ1v) is 4.93. The first kappa shape index (κ1) is 12.3. The lowest BCUT2D eigenvalue weighted by atomic mass is 10.1. The van der Waals surface area contributed by atoms with Crippen LogP contribution in [0.4, 0.5) is 4.79 Å². The minimum atomic E-state index is -0.620. The molecule has 0 aliphatic rings. The lowest BCUT2D eigenvalue weighted by Gasteiger charge is -2.15. The van der Waals surface area contributed by atoms with Gasteiger partial charge in [-0.15, -0.1) is 6.58 Å². The van der Waals surface area contributed by atoms with Crippen LogP contribution in [0.15, 0.2) is 43.0 Å². The molecule has 1 amide bonds. The second-order valence-electron chi connectivity index (χ2n) is 3.14. The summed E-state index contributed by atoms with van der Waals surface area (Å²) in [5, 5.41) is 0. The number of hydrogen-bond donors (Lipinski definition) is 1. The van der Waals surface area contributed by atoms with Crippen LogP contribution < -0.4 is 5.48 Å². The van der Waals surface area contributed by atoms with Crippen LogP contribution in [0.3, 0.4) is 0 Å². The van der Waals surface area contributed by atoms with Gasteiger partial charge < -0.3 is 4.74 Å². The number of methoxy groups -OCH3 is 1. The molecular formula is C12H15NO3. The molecule has 0 bridgehead atoms. The molecule has 4 nitrogen and oxygen atoms in total. The summed E-state index contributed by atoms with van der Waals surface area (Å²) in [7, 11) is 1.28. The Bertz CT molecular complexity index is 337. The summed E-state index contributed by atoms with van der Waals surface area (Å²) in [5.74, 6) is 0. The van der Waals surface area contributed by atoms with Crippen molar-refractivity contribution < 1.29 is 14.4 Å². The summed E-state index contributed by atoms with van der Waals surface area (Å²) in [6.45, 7) is 3.65. The zero-order valence-electron chi connectivity index (χ0n) is 9.18. The van der Waals surface area contributed by atoms with E-state index < -0.39 is 6.09 Å². The van der Waals surface area contributed by atoms with Gasteiger partial charge in [0.1, 0.15) is 6.10 Å². The summed E-state index contributed by atoms with van der Waals surface area (Å²) in [6, 6.07) is 9.59. The van der Waals surface area contributed by atoms with Gasteiger partial charge in [-0.05, 0) is 12.0 Å². The van der Waals surface area contributed by atoms with E-state index in [-0.39, 0.29) is 6.10 Å². The third-order valence-corrected chi connectivity index (χ3v) is 2.02. The maximum atomic E-state index is 10.9. The lowest BCUT2D eigenvalue weighted by Crippen LogP contribution is -2.25. The van der Waals surface area contributed by atoms with Gasteiger partial charge >= 0.3 is 6.09 Å². The summed E-state index contributed by atoms with van der Waals surface area (Å²) in [5.41, 5.74) is 3.18. The van der Waals surface area contributed by atoms with Crippen molar-refractivity contribution in [3.05, 3.63) is 48.6 Å². The second-order valence-corrected chi connectivity index (χ2v) is 3.14. The van der Waals surface area contributed by atoms with Crippen molar-refractivity contribution in [3.8, 4) is 0 Å². The van der Waals surface area contributed by atoms with Crippen LogP contribution in [-0.4, -0.2) is 13.2 Å². The highest BCUT2D eigenvalue weighted by Gasteiger charge is 2.11. The number of ether oxygens (including phenoxy) is 1. The molecule has 0 aliphatic heterocycles. The average molecular weight is 221 g/mol. The van der Waals surface area contributed by atoms with Crippen molar-refractivity contribution in [2.75, 3.05) is 7.11 Å². The third-order valence-electron chi connectivity index (χ3n) is 2.02. The number of nitrogens with one attached hydrogen (secondary N) is 1. The molecule has 1 aromatic rings. The topological polar surface area (TPSA) is 47.6 Å². The minimum Gasteiger partial charge on any atom is -0.451 e. The van der Waals surface area contributed by atoms with E-state index >= 15 is 0 Å². The molecule has 0 aliphatic carbocycles. The Morgan fingerprint density at radius 2 is 2.19 bits per heavy atom. The highest BCUT2D eigenvalue weighted by molar-refractivity contribution is 5.65. The van der Waals surface area contributed by atoms with Gasteiger partial charge in [0.15, 0.2) is 0 Å². The SMILES string of the molecule is C=CC[C@@H](ONC(=O)OC)c1ccccc1. The molecule has 1 N–H and O–H groups in total. The van der Waals surface area contributed by atoms with E-state index in [1.807, 2.05) is 30.3 Å². The van der Waals surface area contributed by atoms with Gasteiger partial charge in [-0.2, -0.15) is 5.48 Å². The maximum absolute atomic E-state index is 10.9. The van der Waals surface area contributed by atoms with E-state index in [0.717, 1.165) is 5.56 Å². The Morgan fingerprint density at radius 3 is 2.75 bits per heavy atom. The van der Waals surface area contributed by atoms with Crippen molar-refractivity contribution in [3.63, 3.8) is 0 Å². The van der Waals surface area contributed by atoms with Crippen molar-refractivity contribution in [1.82, 2.24) is 5.48 Å². The fraction of sp³-hybridized carbons (Fsp3) is 0.250. The molecule has 0 spiro atoms. The number of carbonyl (C=O) groups excluding carboxylic acids is 1. The molecule has 0 saturated heterocycles. The Balaban J connectivity index is 2.61. The molecule has 1 aromatic carbocycles. The van der Waals surface area contributed by atoms with E-state index in [4.69, 9.17) is 4.84 Å². The molecule has 86 valence electrons. The maximum Gasteiger partial charge on any atom is 0.431 e. The van der Waals surface area contributed by atoms with Gasteiger partial charge in [-0.1, -0.05) is 36.4 Å². The first-order valence-electron chi connectivity index (χ1n) is 4.93. The van der Waals surface area contributed by atoms with E-state index in [1.165, 1.54) is 7.11 Å². The van der Waals surface area contributed by atoms with E-state index in [0.29, 0.717) is 6.42 Å². The molecule has 0 radical (unpaired) electrons. The monoisotopic (exact) mass is 221 g/mol. The largest absolute Gasteiger partial charge is 0.451 e. The molecule has 0 unspecified atom stereocenters. The van der Waals surface area contributed by atoms with Crippen molar-refractivity contribution in [2.45, 2.75) is 12.5 Å². The second kappa shape index (κ2) is 6.63. The third kappa shape index (κ3) is 3.74. The number of amides is 1. The lowest BCUT2D eigenvalue weighted by molar-refractivity contribution is -0.0197. The summed E-state index contributed by atoms with van der Waals surface area (Å²) < 4.78 is 4.41. The van der Waals surface area contributed by atoms with Crippen molar-refractivity contribution >= 4 is 6.09 Å². The Morgan fingerprint density at radius 1 is 1.50 bits per heavy atom. The van der Waals surface area contributed by atoms with Crippen LogP contribution in [0, 0.1) is 0 Å². The quantitative estimate of drug-likeness (QED) is 0.614. The van der Waals surface area contributed by atoms with Gasteiger partial charge in [-0.25, -0.2) is 4.79 Å². The van der Waals surface area contributed by atoms with Gasteiger partial charge in [0.25, 0.3) is 0 Å². The summed E-state index contributed by atoms with van der Waals surface area (Å²) in [6.07, 6.45) is 1.47. The Labute approximate surface area is 94.8 Å². The molecule has 1 rings (SSSR count). The predicted molar refractivity (Wildman–Crippen MR) is 60.6 cm³/mol. The summed E-state index contributed by atoms with van der Waals surface area (Å²) >= 11 is 0. The molecule has 1 atom stereocenters. The Hall–Kier alpha value is -1.81. The fourth-order valence-corrected chi connectivity index (χ4v) is 1.23. The standard InChI is InChI=1S/C12H15NO3/c1-3-7-11(16-13-12(14)15-2)10-8-5-4-6-9-10/h3-6,8-9,11H,1,7H2,2H3,(H,13,14)/t11-/m1/s1. The molecule has 16 heavy (non-hydrogen) atoms. The zero-order chi connectivity index (χ0) is 11.8. The van der Waals surface area contributed by atoms with E-state index in [9.17, 15) is 4.79 Å².